The Bertz CT molecular complexity index is 840. The van der Waals surface area contributed by atoms with Crippen LogP contribution < -0.4 is 10.6 Å². The number of nitrogens with one attached hydrogen (secondary N) is 2. The zero-order valence-electron chi connectivity index (χ0n) is 24.0. The van der Waals surface area contributed by atoms with E-state index in [9.17, 15) is 14.4 Å². The summed E-state index contributed by atoms with van der Waals surface area (Å²) in [4.78, 5) is 41.8. The Morgan fingerprint density at radius 3 is 2.08 bits per heavy atom. The molecule has 0 aliphatic rings. The van der Waals surface area contributed by atoms with Crippen molar-refractivity contribution in [3.8, 4) is 0 Å². The number of carbonyl (C=O) groups excluding carboxylic acids is 3. The van der Waals surface area contributed by atoms with Gasteiger partial charge in [0.15, 0.2) is 0 Å². The lowest BCUT2D eigenvalue weighted by Crippen LogP contribution is -2.53. The summed E-state index contributed by atoms with van der Waals surface area (Å²) in [6.45, 7) is 18.4. The lowest BCUT2D eigenvalue weighted by Gasteiger charge is -2.35. The number of nitrogens with zero attached hydrogens (tertiary/aromatic N) is 1. The highest BCUT2D eigenvalue weighted by Crippen LogP contribution is 2.26. The molecule has 1 rings (SSSR count). The number of ether oxygens (including phenoxy) is 1. The van der Waals surface area contributed by atoms with Gasteiger partial charge in [-0.3, -0.25) is 9.59 Å². The zero-order chi connectivity index (χ0) is 27.5. The molecule has 0 aliphatic carbocycles. The van der Waals surface area contributed by atoms with E-state index in [0.29, 0.717) is 25.9 Å². The van der Waals surface area contributed by atoms with Crippen LogP contribution >= 0.6 is 0 Å². The molecule has 0 saturated heterocycles. The summed E-state index contributed by atoms with van der Waals surface area (Å²) in [6.07, 6.45) is 3.46. The predicted molar refractivity (Wildman–Crippen MR) is 146 cm³/mol. The van der Waals surface area contributed by atoms with Crippen molar-refractivity contribution in [1.29, 1.82) is 0 Å². The number of rotatable bonds is 13. The molecule has 0 aromatic heterocycles. The second-order valence-electron chi connectivity index (χ2n) is 11.2. The lowest BCUT2D eigenvalue weighted by molar-refractivity contribution is -0.142. The predicted octanol–water partition coefficient (Wildman–Crippen LogP) is 5.83. The number of aryl methyl sites for hydroxylation is 2. The van der Waals surface area contributed by atoms with Crippen LogP contribution in [0.15, 0.2) is 18.2 Å². The molecule has 3 amide bonds. The molecule has 0 radical (unpaired) electrons. The van der Waals surface area contributed by atoms with E-state index in [0.717, 1.165) is 36.0 Å². The quantitative estimate of drug-likeness (QED) is 0.332. The zero-order valence-corrected chi connectivity index (χ0v) is 24.0. The molecule has 7 heteroatoms. The Kier molecular flexibility index (Phi) is 13.0. The average Bonchev–Trinajstić information content (AvgIpc) is 2.73. The molecule has 36 heavy (non-hydrogen) atoms. The van der Waals surface area contributed by atoms with Crippen LogP contribution in [-0.4, -0.2) is 47.5 Å². The number of amides is 3. The van der Waals surface area contributed by atoms with Crippen molar-refractivity contribution in [3.05, 3.63) is 34.9 Å². The van der Waals surface area contributed by atoms with E-state index in [1.54, 1.807) is 25.7 Å². The molecule has 0 aliphatic heterocycles. The van der Waals surface area contributed by atoms with Crippen LogP contribution in [0.2, 0.25) is 0 Å². The van der Waals surface area contributed by atoms with Gasteiger partial charge in [0.1, 0.15) is 17.7 Å². The van der Waals surface area contributed by atoms with E-state index in [4.69, 9.17) is 4.74 Å². The smallest absolute Gasteiger partial charge is 0.408 e. The summed E-state index contributed by atoms with van der Waals surface area (Å²) in [5.41, 5.74) is 2.16. The Balaban J connectivity index is 3.41. The molecular formula is C29H49N3O4. The molecule has 204 valence electrons. The topological polar surface area (TPSA) is 87.7 Å². The molecule has 0 heterocycles. The van der Waals surface area contributed by atoms with Crippen LogP contribution in [0.1, 0.15) is 103 Å². The first kappa shape index (κ1) is 31.5. The summed E-state index contributed by atoms with van der Waals surface area (Å²) in [7, 11) is 0. The average molecular weight is 504 g/mol. The highest BCUT2D eigenvalue weighted by Gasteiger charge is 2.36. The fraction of sp³-hybridized carbons (Fsp3) is 0.690. The highest BCUT2D eigenvalue weighted by molar-refractivity contribution is 5.92. The van der Waals surface area contributed by atoms with Gasteiger partial charge in [0.2, 0.25) is 11.8 Å². The molecule has 0 saturated carbocycles. The normalized spacial score (nSPS) is 13.2. The minimum atomic E-state index is -0.798. The summed E-state index contributed by atoms with van der Waals surface area (Å²) in [6, 6.07) is 4.41. The van der Waals surface area contributed by atoms with Gasteiger partial charge in [-0.25, -0.2) is 4.79 Å². The van der Waals surface area contributed by atoms with Crippen LogP contribution in [-0.2, 0) is 14.3 Å². The highest BCUT2D eigenvalue weighted by atomic mass is 16.6. The van der Waals surface area contributed by atoms with Gasteiger partial charge in [-0.2, -0.15) is 0 Å². The maximum atomic E-state index is 14.0. The number of alkyl carbamates (subject to hydrolysis) is 1. The van der Waals surface area contributed by atoms with Crippen LogP contribution in [0.4, 0.5) is 4.79 Å². The van der Waals surface area contributed by atoms with E-state index in [1.807, 2.05) is 46.8 Å². The molecule has 7 nitrogen and oxygen atoms in total. The van der Waals surface area contributed by atoms with E-state index < -0.39 is 23.8 Å². The fourth-order valence-electron chi connectivity index (χ4n) is 4.27. The Morgan fingerprint density at radius 2 is 1.58 bits per heavy atom. The van der Waals surface area contributed by atoms with Crippen LogP contribution in [0.3, 0.4) is 0 Å². The second kappa shape index (κ2) is 14.9. The molecule has 0 bridgehead atoms. The van der Waals surface area contributed by atoms with Crippen molar-refractivity contribution in [3.63, 3.8) is 0 Å². The van der Waals surface area contributed by atoms with Gasteiger partial charge in [-0.1, -0.05) is 69.9 Å². The fourth-order valence-corrected chi connectivity index (χ4v) is 4.27. The van der Waals surface area contributed by atoms with Gasteiger partial charge in [0.05, 0.1) is 0 Å². The summed E-state index contributed by atoms with van der Waals surface area (Å²) in [5, 5.41) is 5.84. The van der Waals surface area contributed by atoms with Gasteiger partial charge >= 0.3 is 6.09 Å². The standard InChI is InChI=1S/C29H49N3O4/c1-10-12-13-14-30-26(33)25(23-18-21(5)17-22(6)19-23)32(15-11-2)27(34)24(16-20(3)4)31-28(35)36-29(7,8)9/h17-20,24-25H,10-16H2,1-9H3,(H,30,33)(H,31,35). The van der Waals surface area contributed by atoms with Crippen LogP contribution in [0.25, 0.3) is 0 Å². The third kappa shape index (κ3) is 11.0. The maximum absolute atomic E-state index is 14.0. The summed E-state index contributed by atoms with van der Waals surface area (Å²) >= 11 is 0. The monoisotopic (exact) mass is 503 g/mol. The first-order chi connectivity index (χ1) is 16.8. The first-order valence-electron chi connectivity index (χ1n) is 13.4. The minimum Gasteiger partial charge on any atom is -0.444 e. The van der Waals surface area contributed by atoms with Gasteiger partial charge in [0.25, 0.3) is 0 Å². The lowest BCUT2D eigenvalue weighted by atomic mass is 9.96. The van der Waals surface area contributed by atoms with E-state index >= 15 is 0 Å². The Morgan fingerprint density at radius 1 is 0.972 bits per heavy atom. The van der Waals surface area contributed by atoms with Crippen molar-refractivity contribution in [2.45, 2.75) is 112 Å². The van der Waals surface area contributed by atoms with Gasteiger partial charge in [-0.05, 0) is 65.4 Å². The van der Waals surface area contributed by atoms with E-state index in [2.05, 4.69) is 23.6 Å². The minimum absolute atomic E-state index is 0.153. The van der Waals surface area contributed by atoms with Crippen LogP contribution in [0, 0.1) is 19.8 Å². The van der Waals surface area contributed by atoms with Gasteiger partial charge in [0, 0.05) is 13.1 Å². The van der Waals surface area contributed by atoms with Gasteiger partial charge in [-0.15, -0.1) is 0 Å². The van der Waals surface area contributed by atoms with E-state index in [-0.39, 0.29) is 17.7 Å². The molecule has 0 spiro atoms. The number of unbranched alkanes of at least 4 members (excludes halogenated alkanes) is 2. The van der Waals surface area contributed by atoms with Crippen molar-refractivity contribution in [2.24, 2.45) is 5.92 Å². The summed E-state index contributed by atoms with van der Waals surface area (Å²) < 4.78 is 5.44. The Labute approximate surface area is 218 Å². The SMILES string of the molecule is CCCCCNC(=O)C(c1cc(C)cc(C)c1)N(CCC)C(=O)C(CC(C)C)NC(=O)OC(C)(C)C. The maximum Gasteiger partial charge on any atom is 0.408 e. The summed E-state index contributed by atoms with van der Waals surface area (Å²) in [5.74, 6) is -0.317. The first-order valence-corrected chi connectivity index (χ1v) is 13.4. The number of hydrogen-bond acceptors (Lipinski definition) is 4. The Hall–Kier alpha value is -2.57. The number of benzene rings is 1. The van der Waals surface area contributed by atoms with Gasteiger partial charge < -0.3 is 20.3 Å². The molecule has 2 atom stereocenters. The molecular weight excluding hydrogens is 454 g/mol. The third-order valence-corrected chi connectivity index (χ3v) is 5.64. The molecule has 2 unspecified atom stereocenters. The molecule has 1 aromatic carbocycles. The van der Waals surface area contributed by atoms with Crippen molar-refractivity contribution in [2.75, 3.05) is 13.1 Å². The largest absolute Gasteiger partial charge is 0.444 e. The van der Waals surface area contributed by atoms with Crippen molar-refractivity contribution < 1.29 is 19.1 Å². The van der Waals surface area contributed by atoms with Crippen molar-refractivity contribution in [1.82, 2.24) is 15.5 Å². The van der Waals surface area contributed by atoms with E-state index in [1.165, 1.54) is 0 Å². The molecule has 1 aromatic rings. The third-order valence-electron chi connectivity index (χ3n) is 5.64. The number of carbonyl (C=O) groups is 3. The molecule has 0 fully saturated rings. The van der Waals surface area contributed by atoms with Crippen LogP contribution in [0.5, 0.6) is 0 Å². The second-order valence-corrected chi connectivity index (χ2v) is 11.2. The molecule has 2 N–H and O–H groups in total. The van der Waals surface area contributed by atoms with Crippen molar-refractivity contribution >= 4 is 17.9 Å². The number of hydrogen-bond donors (Lipinski definition) is 2.